The lowest BCUT2D eigenvalue weighted by molar-refractivity contribution is -0.384. The minimum Gasteiger partial charge on any atom is -0.394 e. The Morgan fingerprint density at radius 3 is 1.33 bits per heavy atom. The summed E-state index contributed by atoms with van der Waals surface area (Å²) in [6, 6.07) is 0. The molecule has 0 aromatic carbocycles. The zero-order valence-electron chi connectivity index (χ0n) is 22.5. The molecule has 20 nitrogen and oxygen atoms in total. The third kappa shape index (κ3) is 7.13. The molecule has 0 saturated carbocycles. The SMILES string of the molecule is OC[C@@H]1O[C@H](O[C@H]2[C@@H](O)[C@@H](O)[C@@H](O[C@H]3[C@@H](O)[C@@H](O)[C@@H](O[C@H]4CO[C@@H](O)[C@@H](O)[C@@H]4O)O[C@H]3CO)O[C@H]2CO)[C@H](O)[C@H](O)[C@@H]1O. The van der Waals surface area contributed by atoms with Gasteiger partial charge in [0.15, 0.2) is 25.2 Å². The first-order valence-corrected chi connectivity index (χ1v) is 13.5. The first-order valence-electron chi connectivity index (χ1n) is 13.5. The number of rotatable bonds is 9. The normalized spacial score (nSPS) is 53.1. The second-order valence-corrected chi connectivity index (χ2v) is 10.7. The summed E-state index contributed by atoms with van der Waals surface area (Å²) in [6.45, 7) is -2.92. The van der Waals surface area contributed by atoms with Crippen molar-refractivity contribution >= 4 is 0 Å². The molecule has 0 spiro atoms. The molecule has 43 heavy (non-hydrogen) atoms. The molecule has 4 heterocycles. The van der Waals surface area contributed by atoms with E-state index in [-0.39, 0.29) is 0 Å². The van der Waals surface area contributed by atoms with E-state index in [2.05, 4.69) is 0 Å². The van der Waals surface area contributed by atoms with Gasteiger partial charge in [-0.05, 0) is 0 Å². The second-order valence-electron chi connectivity index (χ2n) is 10.7. The van der Waals surface area contributed by atoms with E-state index >= 15 is 0 Å². The minimum absolute atomic E-state index is 0.430. The lowest BCUT2D eigenvalue weighted by Gasteiger charge is -2.48. The molecule has 4 aliphatic heterocycles. The summed E-state index contributed by atoms with van der Waals surface area (Å²) < 4.78 is 37.5. The number of hydrogen-bond acceptors (Lipinski definition) is 20. The molecule has 0 aromatic heterocycles. The number of hydrogen-bond donors (Lipinski definition) is 13. The smallest absolute Gasteiger partial charge is 0.187 e. The van der Waals surface area contributed by atoms with E-state index in [1.807, 2.05) is 0 Å². The molecule has 4 rings (SSSR count). The Morgan fingerprint density at radius 2 is 0.860 bits per heavy atom. The summed E-state index contributed by atoms with van der Waals surface area (Å²) in [6.07, 6.45) is -32.5. The molecule has 0 aliphatic carbocycles. The van der Waals surface area contributed by atoms with Gasteiger partial charge < -0.3 is 99.5 Å². The van der Waals surface area contributed by atoms with Crippen molar-refractivity contribution in [1.82, 2.24) is 0 Å². The number of aliphatic hydroxyl groups excluding tert-OH is 13. The van der Waals surface area contributed by atoms with Crippen LogP contribution in [0, 0.1) is 0 Å². The fraction of sp³-hybridized carbons (Fsp3) is 1.00. The van der Waals surface area contributed by atoms with Crippen molar-refractivity contribution in [1.29, 1.82) is 0 Å². The highest BCUT2D eigenvalue weighted by Crippen LogP contribution is 2.33. The molecule has 13 N–H and O–H groups in total. The van der Waals surface area contributed by atoms with Crippen LogP contribution in [0.15, 0.2) is 0 Å². The van der Waals surface area contributed by atoms with E-state index in [4.69, 9.17) is 33.2 Å². The van der Waals surface area contributed by atoms with Crippen LogP contribution >= 0.6 is 0 Å². The molecule has 0 aromatic rings. The van der Waals surface area contributed by atoms with Gasteiger partial charge in [0.1, 0.15) is 91.6 Å². The molecule has 4 saturated heterocycles. The molecule has 252 valence electrons. The fourth-order valence-corrected chi connectivity index (χ4v) is 5.23. The second kappa shape index (κ2) is 14.7. The lowest BCUT2D eigenvalue weighted by Crippen LogP contribution is -2.67. The third-order valence-corrected chi connectivity index (χ3v) is 7.84. The van der Waals surface area contributed by atoms with Crippen molar-refractivity contribution in [3.8, 4) is 0 Å². The zero-order chi connectivity index (χ0) is 31.7. The molecule has 0 bridgehead atoms. The van der Waals surface area contributed by atoms with Crippen LogP contribution in [0.2, 0.25) is 0 Å². The van der Waals surface area contributed by atoms with Crippen molar-refractivity contribution in [3.63, 3.8) is 0 Å². The van der Waals surface area contributed by atoms with E-state index in [1.54, 1.807) is 0 Å². The van der Waals surface area contributed by atoms with Crippen LogP contribution < -0.4 is 0 Å². The summed E-state index contributed by atoms with van der Waals surface area (Å²) in [4.78, 5) is 0. The highest BCUT2D eigenvalue weighted by Gasteiger charge is 2.54. The summed E-state index contributed by atoms with van der Waals surface area (Å²) in [5, 5.41) is 132. The maximum absolute atomic E-state index is 10.8. The Balaban J connectivity index is 1.41. The number of ether oxygens (including phenoxy) is 7. The summed E-state index contributed by atoms with van der Waals surface area (Å²) in [5.41, 5.74) is 0. The van der Waals surface area contributed by atoms with Crippen molar-refractivity contribution in [2.24, 2.45) is 0 Å². The lowest BCUT2D eigenvalue weighted by atomic mass is 9.96. The summed E-state index contributed by atoms with van der Waals surface area (Å²) in [7, 11) is 0. The first kappa shape index (κ1) is 35.1. The van der Waals surface area contributed by atoms with Crippen LogP contribution in [0.1, 0.15) is 0 Å². The maximum Gasteiger partial charge on any atom is 0.187 e. The van der Waals surface area contributed by atoms with Crippen LogP contribution in [0.3, 0.4) is 0 Å². The molecule has 0 radical (unpaired) electrons. The van der Waals surface area contributed by atoms with E-state index in [9.17, 15) is 66.4 Å². The third-order valence-electron chi connectivity index (χ3n) is 7.84. The van der Waals surface area contributed by atoms with Crippen molar-refractivity contribution in [3.05, 3.63) is 0 Å². The van der Waals surface area contributed by atoms with Crippen LogP contribution in [-0.2, 0) is 33.2 Å². The van der Waals surface area contributed by atoms with Crippen LogP contribution in [-0.4, -0.2) is 210 Å². The fourth-order valence-electron chi connectivity index (χ4n) is 5.23. The van der Waals surface area contributed by atoms with Crippen LogP contribution in [0.25, 0.3) is 0 Å². The topological polar surface area (TPSA) is 328 Å². The minimum atomic E-state index is -1.99. The molecule has 4 aliphatic rings. The first-order chi connectivity index (χ1) is 20.3. The highest BCUT2D eigenvalue weighted by atomic mass is 16.8. The van der Waals surface area contributed by atoms with Gasteiger partial charge in [-0.25, -0.2) is 0 Å². The Bertz CT molecular complexity index is 865. The average molecular weight is 637 g/mol. The quantitative estimate of drug-likeness (QED) is 0.112. The number of aliphatic hydroxyl groups is 13. The largest absolute Gasteiger partial charge is 0.394 e. The summed E-state index contributed by atoms with van der Waals surface area (Å²) >= 11 is 0. The monoisotopic (exact) mass is 636 g/mol. The van der Waals surface area contributed by atoms with E-state index in [0.29, 0.717) is 0 Å². The van der Waals surface area contributed by atoms with Crippen LogP contribution in [0.4, 0.5) is 0 Å². The predicted molar refractivity (Wildman–Crippen MR) is 128 cm³/mol. The van der Waals surface area contributed by atoms with Gasteiger partial charge in [0.05, 0.1) is 26.4 Å². The van der Waals surface area contributed by atoms with E-state index < -0.39 is 143 Å². The maximum atomic E-state index is 10.8. The van der Waals surface area contributed by atoms with Gasteiger partial charge >= 0.3 is 0 Å². The van der Waals surface area contributed by atoms with Gasteiger partial charge in [-0.2, -0.15) is 0 Å². The van der Waals surface area contributed by atoms with Crippen LogP contribution in [0.5, 0.6) is 0 Å². The summed E-state index contributed by atoms with van der Waals surface area (Å²) in [5.74, 6) is 0. The van der Waals surface area contributed by atoms with Crippen molar-refractivity contribution < 1.29 is 99.5 Å². The molecule has 4 fully saturated rings. The highest BCUT2D eigenvalue weighted by molar-refractivity contribution is 4.97. The van der Waals surface area contributed by atoms with Crippen molar-refractivity contribution in [2.45, 2.75) is 117 Å². The van der Waals surface area contributed by atoms with Gasteiger partial charge in [0, 0.05) is 0 Å². The van der Waals surface area contributed by atoms with Gasteiger partial charge in [-0.3, -0.25) is 0 Å². The Morgan fingerprint density at radius 1 is 0.442 bits per heavy atom. The Labute approximate surface area is 243 Å². The Hall–Kier alpha value is -0.800. The van der Waals surface area contributed by atoms with Crippen molar-refractivity contribution in [2.75, 3.05) is 26.4 Å². The van der Waals surface area contributed by atoms with Gasteiger partial charge in [0.2, 0.25) is 0 Å². The zero-order valence-corrected chi connectivity index (χ0v) is 22.5. The molecule has 19 atom stereocenters. The van der Waals surface area contributed by atoms with Gasteiger partial charge in [0.25, 0.3) is 0 Å². The molecular weight excluding hydrogens is 596 g/mol. The molecule has 20 heteroatoms. The molecular formula is C23H40O20. The predicted octanol–water partition coefficient (Wildman–Crippen LogP) is -9.11. The standard InChI is InChI=1S/C23H40O20/c24-1-5-9(27)11(29)15(33)22(38-5)42-19-7(3-26)40-23(17(35)13(19)31)43-18-6(2-25)39-21(16(34)12(18)30)41-8-4-37-20(36)14(32)10(8)28/h5-36H,1-4H2/t5-,6-,7-,8-,9+,10+,11+,12-,13-,14-,15+,16+,17+,18+,19+,20+,21+,22+,23+/m0/s1. The van der Waals surface area contributed by atoms with E-state index in [1.165, 1.54) is 0 Å². The van der Waals surface area contributed by atoms with Gasteiger partial charge in [-0.15, -0.1) is 0 Å². The molecule has 0 amide bonds. The van der Waals surface area contributed by atoms with Gasteiger partial charge in [-0.1, -0.05) is 0 Å². The Kier molecular flexibility index (Phi) is 12.0. The average Bonchev–Trinajstić information content (AvgIpc) is 3.00. The van der Waals surface area contributed by atoms with E-state index in [0.717, 1.165) is 0 Å². The molecule has 0 unspecified atom stereocenters.